The summed E-state index contributed by atoms with van der Waals surface area (Å²) in [6.45, 7) is 7.28. The van der Waals surface area contributed by atoms with Crippen LogP contribution in [0.1, 0.15) is 27.7 Å². The van der Waals surface area contributed by atoms with E-state index in [0.29, 0.717) is 0 Å². The highest BCUT2D eigenvalue weighted by Crippen LogP contribution is 2.05. The van der Waals surface area contributed by atoms with E-state index in [-0.39, 0.29) is 30.2 Å². The number of hydrogen-bond acceptors (Lipinski definition) is 3. The molecule has 0 spiro atoms. The van der Waals surface area contributed by atoms with Crippen molar-refractivity contribution >= 4 is 10.0 Å². The molecule has 0 aromatic heterocycles. The monoisotopic (exact) mass is 223 g/mol. The van der Waals surface area contributed by atoms with E-state index in [2.05, 4.69) is 4.72 Å². The van der Waals surface area contributed by atoms with Crippen LogP contribution in [-0.4, -0.2) is 31.9 Å². The topological polar surface area (TPSA) is 66.4 Å². The molecular weight excluding hydrogens is 202 g/mol. The van der Waals surface area contributed by atoms with Crippen LogP contribution in [0.15, 0.2) is 0 Å². The fourth-order valence-corrected chi connectivity index (χ4v) is 2.82. The first-order chi connectivity index (χ1) is 6.28. The molecule has 0 heterocycles. The third kappa shape index (κ3) is 5.57. The molecule has 0 aliphatic carbocycles. The lowest BCUT2D eigenvalue weighted by Gasteiger charge is -2.19. The third-order valence-corrected chi connectivity index (χ3v) is 3.90. The van der Waals surface area contributed by atoms with Crippen molar-refractivity contribution in [3.8, 4) is 0 Å². The van der Waals surface area contributed by atoms with E-state index in [4.69, 9.17) is 5.11 Å². The highest BCUT2D eigenvalue weighted by atomic mass is 32.2. The Morgan fingerprint density at radius 1 is 1.21 bits per heavy atom. The first-order valence-corrected chi connectivity index (χ1v) is 6.54. The molecule has 0 saturated carbocycles. The van der Waals surface area contributed by atoms with Crippen molar-refractivity contribution in [1.29, 1.82) is 0 Å². The average molecular weight is 223 g/mol. The second-order valence-corrected chi connectivity index (χ2v) is 6.04. The first kappa shape index (κ1) is 13.9. The van der Waals surface area contributed by atoms with E-state index in [9.17, 15) is 8.42 Å². The zero-order chi connectivity index (χ0) is 11.4. The Morgan fingerprint density at radius 2 is 1.71 bits per heavy atom. The van der Waals surface area contributed by atoms with Gasteiger partial charge in [-0.15, -0.1) is 0 Å². The van der Waals surface area contributed by atoms with Gasteiger partial charge in [-0.05, 0) is 18.8 Å². The summed E-state index contributed by atoms with van der Waals surface area (Å²) in [5.41, 5.74) is 0. The van der Waals surface area contributed by atoms with E-state index < -0.39 is 10.0 Å². The van der Waals surface area contributed by atoms with Crippen LogP contribution in [0.5, 0.6) is 0 Å². The van der Waals surface area contributed by atoms with Crippen LogP contribution < -0.4 is 4.72 Å². The van der Waals surface area contributed by atoms with Gasteiger partial charge < -0.3 is 5.11 Å². The van der Waals surface area contributed by atoms with Crippen LogP contribution in [0.3, 0.4) is 0 Å². The maximum atomic E-state index is 11.5. The smallest absolute Gasteiger partial charge is 0.212 e. The SMILES string of the molecule is CC(C)CS(=O)(=O)NC(C)C(C)CO. The van der Waals surface area contributed by atoms with Crippen molar-refractivity contribution in [3.05, 3.63) is 0 Å². The molecule has 0 aromatic carbocycles. The van der Waals surface area contributed by atoms with Crippen LogP contribution in [-0.2, 0) is 10.0 Å². The molecule has 0 amide bonds. The van der Waals surface area contributed by atoms with Gasteiger partial charge in [0.05, 0.1) is 5.75 Å². The van der Waals surface area contributed by atoms with E-state index in [1.807, 2.05) is 20.8 Å². The van der Waals surface area contributed by atoms with Crippen LogP contribution in [0, 0.1) is 11.8 Å². The lowest BCUT2D eigenvalue weighted by Crippen LogP contribution is -2.40. The molecule has 0 aliphatic heterocycles. The van der Waals surface area contributed by atoms with Crippen molar-refractivity contribution in [3.63, 3.8) is 0 Å². The summed E-state index contributed by atoms with van der Waals surface area (Å²) in [6, 6.07) is -0.219. The molecule has 0 rings (SSSR count). The van der Waals surface area contributed by atoms with Gasteiger partial charge in [0.2, 0.25) is 10.0 Å². The number of hydrogen-bond donors (Lipinski definition) is 2. The summed E-state index contributed by atoms with van der Waals surface area (Å²) in [5, 5.41) is 8.85. The number of aliphatic hydroxyl groups excluding tert-OH is 1. The molecule has 2 atom stereocenters. The van der Waals surface area contributed by atoms with Crippen molar-refractivity contribution in [1.82, 2.24) is 4.72 Å². The van der Waals surface area contributed by atoms with E-state index >= 15 is 0 Å². The minimum Gasteiger partial charge on any atom is -0.396 e. The van der Waals surface area contributed by atoms with Gasteiger partial charge in [0.1, 0.15) is 0 Å². The van der Waals surface area contributed by atoms with E-state index in [1.165, 1.54) is 0 Å². The van der Waals surface area contributed by atoms with Gasteiger partial charge in [-0.2, -0.15) is 0 Å². The molecule has 0 aromatic rings. The van der Waals surface area contributed by atoms with E-state index in [1.54, 1.807) is 6.92 Å². The maximum absolute atomic E-state index is 11.5. The lowest BCUT2D eigenvalue weighted by atomic mass is 10.1. The highest BCUT2D eigenvalue weighted by Gasteiger charge is 2.19. The predicted molar refractivity (Wildman–Crippen MR) is 57.5 cm³/mol. The average Bonchev–Trinajstić information content (AvgIpc) is 1.99. The quantitative estimate of drug-likeness (QED) is 0.692. The Kier molecular flexibility index (Phi) is 5.63. The van der Waals surface area contributed by atoms with Gasteiger partial charge in [0.15, 0.2) is 0 Å². The Labute approximate surface area is 86.8 Å². The summed E-state index contributed by atoms with van der Waals surface area (Å²) < 4.78 is 25.5. The molecule has 2 unspecified atom stereocenters. The van der Waals surface area contributed by atoms with Crippen LogP contribution >= 0.6 is 0 Å². The van der Waals surface area contributed by atoms with Crippen LogP contribution in [0.2, 0.25) is 0 Å². The summed E-state index contributed by atoms with van der Waals surface area (Å²) in [4.78, 5) is 0. The predicted octanol–water partition coefficient (Wildman–Crippen LogP) is 0.579. The molecular formula is C9H21NO3S. The Hall–Kier alpha value is -0.130. The minimum absolute atomic E-state index is 0.00857. The van der Waals surface area contributed by atoms with Gasteiger partial charge in [-0.1, -0.05) is 20.8 Å². The molecule has 5 heteroatoms. The first-order valence-electron chi connectivity index (χ1n) is 4.89. The molecule has 86 valence electrons. The minimum atomic E-state index is -3.20. The third-order valence-electron chi connectivity index (χ3n) is 2.06. The summed E-state index contributed by atoms with van der Waals surface area (Å²) in [7, 11) is -3.20. The molecule has 4 nitrogen and oxygen atoms in total. The molecule has 0 radical (unpaired) electrons. The molecule has 14 heavy (non-hydrogen) atoms. The largest absolute Gasteiger partial charge is 0.396 e. The second kappa shape index (κ2) is 5.68. The summed E-state index contributed by atoms with van der Waals surface area (Å²) in [6.07, 6.45) is 0. The van der Waals surface area contributed by atoms with Crippen molar-refractivity contribution < 1.29 is 13.5 Å². The molecule has 0 aliphatic rings. The fraction of sp³-hybridized carbons (Fsp3) is 1.00. The molecule has 0 saturated heterocycles. The van der Waals surface area contributed by atoms with Crippen LogP contribution in [0.4, 0.5) is 0 Å². The van der Waals surface area contributed by atoms with Gasteiger partial charge in [0.25, 0.3) is 0 Å². The normalized spacial score (nSPS) is 17.0. The summed E-state index contributed by atoms with van der Waals surface area (Å²) >= 11 is 0. The van der Waals surface area contributed by atoms with Crippen molar-refractivity contribution in [2.24, 2.45) is 11.8 Å². The van der Waals surface area contributed by atoms with Crippen LogP contribution in [0.25, 0.3) is 0 Å². The van der Waals surface area contributed by atoms with Crippen molar-refractivity contribution in [2.75, 3.05) is 12.4 Å². The van der Waals surface area contributed by atoms with Gasteiger partial charge in [-0.25, -0.2) is 13.1 Å². The Morgan fingerprint density at radius 3 is 2.07 bits per heavy atom. The zero-order valence-corrected chi connectivity index (χ0v) is 10.1. The Bertz CT molecular complexity index is 249. The second-order valence-electron chi connectivity index (χ2n) is 4.24. The molecule has 0 bridgehead atoms. The standard InChI is InChI=1S/C9H21NO3S/c1-7(2)6-14(12,13)10-9(4)8(3)5-11/h7-11H,5-6H2,1-4H3. The Balaban J connectivity index is 4.22. The molecule has 0 fully saturated rings. The van der Waals surface area contributed by atoms with Gasteiger partial charge in [-0.3, -0.25) is 0 Å². The number of sulfonamides is 1. The molecule has 2 N–H and O–H groups in total. The number of rotatable bonds is 6. The summed E-state index contributed by atoms with van der Waals surface area (Å²) in [5.74, 6) is 0.191. The zero-order valence-electron chi connectivity index (χ0n) is 9.32. The lowest BCUT2D eigenvalue weighted by molar-refractivity contribution is 0.216. The number of nitrogens with one attached hydrogen (secondary N) is 1. The highest BCUT2D eigenvalue weighted by molar-refractivity contribution is 7.89. The van der Waals surface area contributed by atoms with Gasteiger partial charge >= 0.3 is 0 Å². The van der Waals surface area contributed by atoms with Crippen molar-refractivity contribution in [2.45, 2.75) is 33.7 Å². The maximum Gasteiger partial charge on any atom is 0.212 e. The fourth-order valence-electron chi connectivity index (χ4n) is 1.04. The van der Waals surface area contributed by atoms with Gasteiger partial charge in [0, 0.05) is 12.6 Å². The van der Waals surface area contributed by atoms with E-state index in [0.717, 1.165) is 0 Å². The number of aliphatic hydroxyl groups is 1.